The van der Waals surface area contributed by atoms with Crippen LogP contribution in [0.4, 0.5) is 0 Å². The van der Waals surface area contributed by atoms with Gasteiger partial charge in [0.2, 0.25) is 0 Å². The Labute approximate surface area is 123 Å². The summed E-state index contributed by atoms with van der Waals surface area (Å²) in [6.07, 6.45) is 12.2. The lowest BCUT2D eigenvalue weighted by Gasteiger charge is -2.58. The standard InChI is InChI=1S/C16H31NOS/c1-4-13(12-19-3)17-14-11-15(18-5-2)16(14)9-7-6-8-10-16/h13-15,17H,4-12H2,1-3H3. The molecule has 2 aliphatic carbocycles. The second-order valence-corrected chi connectivity index (χ2v) is 7.16. The highest BCUT2D eigenvalue weighted by Gasteiger charge is 2.55. The minimum Gasteiger partial charge on any atom is -0.378 e. The minimum absolute atomic E-state index is 0.472. The number of rotatable bonds is 7. The highest BCUT2D eigenvalue weighted by atomic mass is 32.2. The van der Waals surface area contributed by atoms with Gasteiger partial charge in [-0.2, -0.15) is 11.8 Å². The van der Waals surface area contributed by atoms with Crippen molar-refractivity contribution in [3.8, 4) is 0 Å². The maximum absolute atomic E-state index is 6.03. The molecule has 1 spiro atoms. The molecular weight excluding hydrogens is 254 g/mol. The van der Waals surface area contributed by atoms with Crippen LogP contribution in [-0.4, -0.2) is 36.8 Å². The Bertz CT molecular complexity index is 265. The van der Waals surface area contributed by atoms with Gasteiger partial charge in [-0.1, -0.05) is 26.2 Å². The Morgan fingerprint density at radius 3 is 2.58 bits per heavy atom. The van der Waals surface area contributed by atoms with E-state index in [1.807, 2.05) is 11.8 Å². The van der Waals surface area contributed by atoms with Gasteiger partial charge in [0.05, 0.1) is 6.10 Å². The number of hydrogen-bond acceptors (Lipinski definition) is 3. The first kappa shape index (κ1) is 15.7. The first-order chi connectivity index (χ1) is 9.26. The van der Waals surface area contributed by atoms with Gasteiger partial charge in [-0.3, -0.25) is 0 Å². The molecule has 0 amide bonds. The fourth-order valence-electron chi connectivity index (χ4n) is 4.07. The van der Waals surface area contributed by atoms with Crippen LogP contribution in [0.25, 0.3) is 0 Å². The number of nitrogens with one attached hydrogen (secondary N) is 1. The third kappa shape index (κ3) is 3.30. The molecule has 2 aliphatic rings. The molecule has 112 valence electrons. The molecule has 0 aromatic rings. The van der Waals surface area contributed by atoms with Crippen LogP contribution >= 0.6 is 11.8 Å². The average Bonchev–Trinajstić information content (AvgIpc) is 2.46. The molecule has 0 aromatic heterocycles. The van der Waals surface area contributed by atoms with Gasteiger partial charge in [-0.15, -0.1) is 0 Å². The molecule has 0 aliphatic heterocycles. The normalized spacial score (nSPS) is 31.1. The summed E-state index contributed by atoms with van der Waals surface area (Å²) in [6.45, 7) is 5.32. The van der Waals surface area contributed by atoms with E-state index < -0.39 is 0 Å². The summed E-state index contributed by atoms with van der Waals surface area (Å²) in [5.41, 5.74) is 0.472. The molecule has 0 saturated heterocycles. The van der Waals surface area contributed by atoms with Crippen LogP contribution in [0, 0.1) is 5.41 Å². The van der Waals surface area contributed by atoms with Crippen molar-refractivity contribution >= 4 is 11.8 Å². The molecule has 2 saturated carbocycles. The molecule has 2 fully saturated rings. The van der Waals surface area contributed by atoms with Gasteiger partial charge >= 0.3 is 0 Å². The smallest absolute Gasteiger partial charge is 0.0661 e. The molecule has 1 N–H and O–H groups in total. The lowest BCUT2D eigenvalue weighted by molar-refractivity contribution is -0.151. The van der Waals surface area contributed by atoms with E-state index in [1.165, 1.54) is 50.7 Å². The van der Waals surface area contributed by atoms with Gasteiger partial charge in [-0.05, 0) is 38.9 Å². The Kier molecular flexibility index (Phi) is 6.04. The van der Waals surface area contributed by atoms with Crippen LogP contribution in [0.1, 0.15) is 58.8 Å². The fraction of sp³-hybridized carbons (Fsp3) is 1.00. The first-order valence-electron chi connectivity index (χ1n) is 8.13. The number of hydrogen-bond donors (Lipinski definition) is 1. The Morgan fingerprint density at radius 1 is 1.26 bits per heavy atom. The average molecular weight is 285 g/mol. The van der Waals surface area contributed by atoms with Crippen LogP contribution in [-0.2, 0) is 4.74 Å². The largest absolute Gasteiger partial charge is 0.378 e. The Morgan fingerprint density at radius 2 is 2.00 bits per heavy atom. The topological polar surface area (TPSA) is 21.3 Å². The molecule has 0 heterocycles. The minimum atomic E-state index is 0.472. The highest BCUT2D eigenvalue weighted by Crippen LogP contribution is 2.53. The van der Waals surface area contributed by atoms with Crippen LogP contribution in [0.2, 0.25) is 0 Å². The quantitative estimate of drug-likeness (QED) is 0.768. The number of thioether (sulfide) groups is 1. The van der Waals surface area contributed by atoms with Gasteiger partial charge in [0.25, 0.3) is 0 Å². The summed E-state index contributed by atoms with van der Waals surface area (Å²) in [5.74, 6) is 1.24. The summed E-state index contributed by atoms with van der Waals surface area (Å²) in [6, 6.07) is 1.39. The summed E-state index contributed by atoms with van der Waals surface area (Å²) >= 11 is 1.96. The van der Waals surface area contributed by atoms with Crippen molar-refractivity contribution in [3.63, 3.8) is 0 Å². The van der Waals surface area contributed by atoms with Crippen LogP contribution in [0.5, 0.6) is 0 Å². The molecule has 2 nitrogen and oxygen atoms in total. The van der Waals surface area contributed by atoms with E-state index in [-0.39, 0.29) is 0 Å². The zero-order valence-electron chi connectivity index (χ0n) is 12.9. The molecule has 3 atom stereocenters. The Hall–Kier alpha value is 0.270. The summed E-state index contributed by atoms with van der Waals surface area (Å²) < 4.78 is 6.03. The Balaban J connectivity index is 1.96. The van der Waals surface area contributed by atoms with Crippen molar-refractivity contribution in [2.45, 2.75) is 77.0 Å². The second-order valence-electron chi connectivity index (χ2n) is 6.25. The van der Waals surface area contributed by atoms with E-state index in [2.05, 4.69) is 25.4 Å². The molecule has 3 unspecified atom stereocenters. The van der Waals surface area contributed by atoms with Crippen molar-refractivity contribution in [1.29, 1.82) is 0 Å². The van der Waals surface area contributed by atoms with Gasteiger partial charge < -0.3 is 10.1 Å². The summed E-state index contributed by atoms with van der Waals surface area (Å²) in [7, 11) is 0. The van der Waals surface area contributed by atoms with E-state index in [1.54, 1.807) is 0 Å². The van der Waals surface area contributed by atoms with Crippen LogP contribution in [0.3, 0.4) is 0 Å². The third-order valence-electron chi connectivity index (χ3n) is 5.23. The molecule has 19 heavy (non-hydrogen) atoms. The molecular formula is C16H31NOS. The maximum Gasteiger partial charge on any atom is 0.0661 e. The molecule has 0 aromatic carbocycles. The summed E-state index contributed by atoms with van der Waals surface area (Å²) in [5, 5.41) is 3.95. The van der Waals surface area contributed by atoms with Gasteiger partial charge in [-0.25, -0.2) is 0 Å². The molecule has 0 radical (unpaired) electrons. The number of ether oxygens (including phenoxy) is 1. The van der Waals surface area contributed by atoms with E-state index >= 15 is 0 Å². The molecule has 3 heteroatoms. The highest BCUT2D eigenvalue weighted by molar-refractivity contribution is 7.98. The summed E-state index contributed by atoms with van der Waals surface area (Å²) in [4.78, 5) is 0. The second kappa shape index (κ2) is 7.33. The van der Waals surface area contributed by atoms with Gasteiger partial charge in [0, 0.05) is 29.9 Å². The lowest BCUT2D eigenvalue weighted by atomic mass is 9.55. The van der Waals surface area contributed by atoms with Crippen molar-refractivity contribution in [3.05, 3.63) is 0 Å². The lowest BCUT2D eigenvalue weighted by Crippen LogP contribution is -2.66. The zero-order chi connectivity index (χ0) is 13.7. The van der Waals surface area contributed by atoms with E-state index in [0.717, 1.165) is 6.61 Å². The van der Waals surface area contributed by atoms with Crippen molar-refractivity contribution < 1.29 is 4.74 Å². The first-order valence-corrected chi connectivity index (χ1v) is 9.52. The van der Waals surface area contributed by atoms with E-state index in [9.17, 15) is 0 Å². The van der Waals surface area contributed by atoms with Crippen molar-refractivity contribution in [1.82, 2.24) is 5.32 Å². The maximum atomic E-state index is 6.03. The fourth-order valence-corrected chi connectivity index (χ4v) is 4.80. The predicted octanol–water partition coefficient (Wildman–Crippen LogP) is 3.85. The zero-order valence-corrected chi connectivity index (χ0v) is 13.7. The van der Waals surface area contributed by atoms with E-state index in [0.29, 0.717) is 23.6 Å². The van der Waals surface area contributed by atoms with Crippen molar-refractivity contribution in [2.24, 2.45) is 5.41 Å². The van der Waals surface area contributed by atoms with Gasteiger partial charge in [0.15, 0.2) is 0 Å². The molecule has 2 rings (SSSR count). The van der Waals surface area contributed by atoms with E-state index in [4.69, 9.17) is 4.74 Å². The third-order valence-corrected chi connectivity index (χ3v) is 5.97. The molecule has 0 bridgehead atoms. The van der Waals surface area contributed by atoms with Gasteiger partial charge in [0.1, 0.15) is 0 Å². The predicted molar refractivity (Wildman–Crippen MR) is 84.9 cm³/mol. The SMILES string of the molecule is CCOC1CC(NC(CC)CSC)C12CCCCC2. The van der Waals surface area contributed by atoms with Crippen LogP contribution in [0.15, 0.2) is 0 Å². The van der Waals surface area contributed by atoms with Crippen molar-refractivity contribution in [2.75, 3.05) is 18.6 Å². The monoisotopic (exact) mass is 285 g/mol. The van der Waals surface area contributed by atoms with Crippen LogP contribution < -0.4 is 5.32 Å².